The molecule has 0 aliphatic heterocycles. The molecule has 6 heteroatoms. The molecule has 0 saturated heterocycles. The average molecular weight is 254 g/mol. The van der Waals surface area contributed by atoms with Gasteiger partial charge in [-0.05, 0) is 6.42 Å². The second-order valence-electron chi connectivity index (χ2n) is 3.87. The van der Waals surface area contributed by atoms with Crippen molar-refractivity contribution < 1.29 is 0 Å². The van der Waals surface area contributed by atoms with Gasteiger partial charge in [0.2, 0.25) is 0 Å². The quantitative estimate of drug-likeness (QED) is 0.857. The molecule has 0 bridgehead atoms. The number of aromatic nitrogens is 4. The lowest BCUT2D eigenvalue weighted by molar-refractivity contribution is 0.483. The van der Waals surface area contributed by atoms with Crippen LogP contribution < -0.4 is 5.32 Å². The fraction of sp³-hybridized carbons (Fsp3) is 0.455. The topological polar surface area (TPSA) is 58.5 Å². The maximum Gasteiger partial charge on any atom is 0.128 e. The SMILES string of the molecule is CCC(NCc1ncc(Cl)n1C)c1ncc[nH]1. The Balaban J connectivity index is 1.99. The first-order valence-corrected chi connectivity index (χ1v) is 5.99. The van der Waals surface area contributed by atoms with Gasteiger partial charge in [-0.1, -0.05) is 18.5 Å². The van der Waals surface area contributed by atoms with Crippen molar-refractivity contribution in [3.63, 3.8) is 0 Å². The summed E-state index contributed by atoms with van der Waals surface area (Å²) in [5.74, 6) is 1.87. The maximum atomic E-state index is 5.93. The third kappa shape index (κ3) is 2.68. The van der Waals surface area contributed by atoms with E-state index in [9.17, 15) is 0 Å². The van der Waals surface area contributed by atoms with Gasteiger partial charge < -0.3 is 14.9 Å². The van der Waals surface area contributed by atoms with Gasteiger partial charge in [0.15, 0.2) is 0 Å². The number of hydrogen-bond donors (Lipinski definition) is 2. The summed E-state index contributed by atoms with van der Waals surface area (Å²) in [6.45, 7) is 2.79. The van der Waals surface area contributed by atoms with Gasteiger partial charge in [-0.3, -0.25) is 0 Å². The fourth-order valence-electron chi connectivity index (χ4n) is 1.71. The molecule has 1 atom stereocenters. The van der Waals surface area contributed by atoms with Crippen LogP contribution in [-0.2, 0) is 13.6 Å². The van der Waals surface area contributed by atoms with Crippen molar-refractivity contribution in [1.82, 2.24) is 24.8 Å². The van der Waals surface area contributed by atoms with Crippen molar-refractivity contribution in [2.45, 2.75) is 25.9 Å². The smallest absolute Gasteiger partial charge is 0.128 e. The molecule has 17 heavy (non-hydrogen) atoms. The van der Waals surface area contributed by atoms with Crippen LogP contribution in [0.1, 0.15) is 31.0 Å². The summed E-state index contributed by atoms with van der Waals surface area (Å²) in [6.07, 6.45) is 6.21. The Hall–Kier alpha value is -1.33. The van der Waals surface area contributed by atoms with E-state index in [1.807, 2.05) is 17.8 Å². The predicted octanol–water partition coefficient (Wildman–Crippen LogP) is 2.04. The first-order valence-electron chi connectivity index (χ1n) is 5.61. The average Bonchev–Trinajstić information content (AvgIpc) is 2.95. The van der Waals surface area contributed by atoms with Crippen LogP contribution in [0.25, 0.3) is 0 Å². The summed E-state index contributed by atoms with van der Waals surface area (Å²) in [4.78, 5) is 11.6. The van der Waals surface area contributed by atoms with Crippen LogP contribution in [0.3, 0.4) is 0 Å². The van der Waals surface area contributed by atoms with Crippen LogP contribution in [0.4, 0.5) is 0 Å². The number of imidazole rings is 2. The number of rotatable bonds is 5. The summed E-state index contributed by atoms with van der Waals surface area (Å²) >= 11 is 5.93. The molecule has 2 aromatic rings. The van der Waals surface area contributed by atoms with Gasteiger partial charge in [-0.25, -0.2) is 9.97 Å². The van der Waals surface area contributed by atoms with Gasteiger partial charge in [0.1, 0.15) is 16.8 Å². The fourth-order valence-corrected chi connectivity index (χ4v) is 1.85. The second kappa shape index (κ2) is 5.33. The largest absolute Gasteiger partial charge is 0.347 e. The molecule has 0 spiro atoms. The van der Waals surface area contributed by atoms with Gasteiger partial charge in [0.25, 0.3) is 0 Å². The van der Waals surface area contributed by atoms with Crippen molar-refractivity contribution in [1.29, 1.82) is 0 Å². The Morgan fingerprint density at radius 3 is 2.88 bits per heavy atom. The monoisotopic (exact) mass is 253 g/mol. The Kier molecular flexibility index (Phi) is 3.81. The van der Waals surface area contributed by atoms with E-state index in [2.05, 4.69) is 27.2 Å². The van der Waals surface area contributed by atoms with Gasteiger partial charge in [0, 0.05) is 19.4 Å². The molecule has 1 unspecified atom stereocenters. The highest BCUT2D eigenvalue weighted by atomic mass is 35.5. The Labute approximate surface area is 105 Å². The number of halogens is 1. The van der Waals surface area contributed by atoms with Crippen LogP contribution in [0, 0.1) is 0 Å². The zero-order valence-electron chi connectivity index (χ0n) is 9.94. The molecule has 2 N–H and O–H groups in total. The second-order valence-corrected chi connectivity index (χ2v) is 4.26. The predicted molar refractivity (Wildman–Crippen MR) is 66.7 cm³/mol. The highest BCUT2D eigenvalue weighted by molar-refractivity contribution is 6.29. The number of aromatic amines is 1. The number of nitrogens with zero attached hydrogens (tertiary/aromatic N) is 3. The van der Waals surface area contributed by atoms with E-state index in [-0.39, 0.29) is 6.04 Å². The van der Waals surface area contributed by atoms with E-state index >= 15 is 0 Å². The minimum Gasteiger partial charge on any atom is -0.347 e. The van der Waals surface area contributed by atoms with Crippen molar-refractivity contribution >= 4 is 11.6 Å². The Morgan fingerprint density at radius 1 is 1.53 bits per heavy atom. The lowest BCUT2D eigenvalue weighted by Crippen LogP contribution is -2.23. The molecule has 92 valence electrons. The lowest BCUT2D eigenvalue weighted by atomic mass is 10.2. The molecule has 2 rings (SSSR count). The summed E-state index contributed by atoms with van der Waals surface area (Å²) in [7, 11) is 1.90. The number of hydrogen-bond acceptors (Lipinski definition) is 3. The first-order chi connectivity index (χ1) is 8.22. The molecule has 0 saturated carbocycles. The summed E-state index contributed by atoms with van der Waals surface area (Å²) in [5.41, 5.74) is 0. The van der Waals surface area contributed by atoms with Crippen LogP contribution in [-0.4, -0.2) is 19.5 Å². The van der Waals surface area contributed by atoms with E-state index in [1.165, 1.54) is 0 Å². The first kappa shape index (κ1) is 12.1. The van der Waals surface area contributed by atoms with Crippen molar-refractivity contribution in [2.24, 2.45) is 7.05 Å². The zero-order chi connectivity index (χ0) is 12.3. The molecule has 0 radical (unpaired) electrons. The number of H-pyrrole nitrogens is 1. The lowest BCUT2D eigenvalue weighted by Gasteiger charge is -2.14. The van der Waals surface area contributed by atoms with E-state index in [0.717, 1.165) is 18.1 Å². The molecular formula is C11H16ClN5. The van der Waals surface area contributed by atoms with E-state index in [0.29, 0.717) is 11.7 Å². The molecule has 0 amide bonds. The number of nitrogens with one attached hydrogen (secondary N) is 2. The van der Waals surface area contributed by atoms with E-state index in [4.69, 9.17) is 11.6 Å². The van der Waals surface area contributed by atoms with Gasteiger partial charge in [-0.2, -0.15) is 0 Å². The highest BCUT2D eigenvalue weighted by Gasteiger charge is 2.12. The van der Waals surface area contributed by atoms with Gasteiger partial charge in [-0.15, -0.1) is 0 Å². The highest BCUT2D eigenvalue weighted by Crippen LogP contribution is 2.13. The van der Waals surface area contributed by atoms with E-state index < -0.39 is 0 Å². The molecule has 0 aromatic carbocycles. The van der Waals surface area contributed by atoms with Crippen molar-refractivity contribution in [2.75, 3.05) is 0 Å². The molecule has 2 aromatic heterocycles. The summed E-state index contributed by atoms with van der Waals surface area (Å²) in [6, 6.07) is 0.209. The van der Waals surface area contributed by atoms with Crippen LogP contribution in [0.15, 0.2) is 18.6 Å². The molecular weight excluding hydrogens is 238 g/mol. The third-order valence-corrected chi connectivity index (χ3v) is 3.14. The van der Waals surface area contributed by atoms with Crippen LogP contribution >= 0.6 is 11.6 Å². The summed E-state index contributed by atoms with van der Waals surface area (Å²) < 4.78 is 1.86. The Bertz CT molecular complexity index is 462. The molecule has 5 nitrogen and oxygen atoms in total. The van der Waals surface area contributed by atoms with Gasteiger partial charge >= 0.3 is 0 Å². The normalized spacial score (nSPS) is 12.9. The van der Waals surface area contributed by atoms with Crippen LogP contribution in [0.5, 0.6) is 0 Å². The Morgan fingerprint density at radius 2 is 2.35 bits per heavy atom. The van der Waals surface area contributed by atoms with Crippen molar-refractivity contribution in [3.8, 4) is 0 Å². The summed E-state index contributed by atoms with van der Waals surface area (Å²) in [5, 5.41) is 4.05. The van der Waals surface area contributed by atoms with Gasteiger partial charge in [0.05, 0.1) is 18.8 Å². The third-order valence-electron chi connectivity index (χ3n) is 2.79. The standard InChI is InChI=1S/C11H16ClN5/c1-3-8(11-13-4-5-14-11)15-7-10-16-6-9(12)17(10)2/h4-6,8,15H,3,7H2,1-2H3,(H,13,14). The van der Waals surface area contributed by atoms with E-state index in [1.54, 1.807) is 12.4 Å². The van der Waals surface area contributed by atoms with Crippen LogP contribution in [0.2, 0.25) is 5.15 Å². The molecule has 0 aliphatic rings. The molecule has 0 aliphatic carbocycles. The maximum absolute atomic E-state index is 5.93. The molecule has 2 heterocycles. The molecule has 0 fully saturated rings. The zero-order valence-corrected chi connectivity index (χ0v) is 10.7. The minimum absolute atomic E-state index is 0.209. The van der Waals surface area contributed by atoms with Crippen molar-refractivity contribution in [3.05, 3.63) is 35.4 Å². The minimum atomic E-state index is 0.209.